The maximum atomic E-state index is 14.1. The third-order valence-electron chi connectivity index (χ3n) is 7.92. The highest BCUT2D eigenvalue weighted by molar-refractivity contribution is 6.13. The van der Waals surface area contributed by atoms with Crippen LogP contribution in [0.4, 0.5) is 5.82 Å². The van der Waals surface area contributed by atoms with E-state index in [4.69, 9.17) is 0 Å². The molecule has 1 N–H and O–H groups in total. The number of piperazine rings is 1. The molecule has 1 aliphatic rings. The number of amides is 2. The largest absolute Gasteiger partial charge is 0.352 e. The molecule has 1 aliphatic heterocycles. The van der Waals surface area contributed by atoms with E-state index in [1.165, 1.54) is 11.8 Å². The molecule has 5 aromatic rings. The molecule has 0 atom stereocenters. The van der Waals surface area contributed by atoms with Crippen molar-refractivity contribution < 1.29 is 9.59 Å². The highest BCUT2D eigenvalue weighted by Gasteiger charge is 2.29. The van der Waals surface area contributed by atoms with Gasteiger partial charge in [-0.1, -0.05) is 72.3 Å². The Morgan fingerprint density at radius 2 is 1.57 bits per heavy atom. The smallest absolute Gasteiger partial charge is 0.271 e. The molecule has 0 spiro atoms. The van der Waals surface area contributed by atoms with E-state index in [1.807, 2.05) is 60.5 Å². The van der Waals surface area contributed by atoms with Gasteiger partial charge < -0.3 is 19.7 Å². The van der Waals surface area contributed by atoms with Gasteiger partial charge in [0.25, 0.3) is 11.8 Å². The highest BCUT2D eigenvalue weighted by Crippen LogP contribution is 2.35. The molecule has 0 unspecified atom stereocenters. The minimum Gasteiger partial charge on any atom is -0.352 e. The van der Waals surface area contributed by atoms with Crippen LogP contribution in [0, 0.1) is 6.92 Å². The fraction of sp³-hybridized carbons (Fsp3) is 0.235. The third kappa shape index (κ3) is 5.48. The summed E-state index contributed by atoms with van der Waals surface area (Å²) in [4.78, 5) is 39.6. The Labute approximate surface area is 245 Å². The summed E-state index contributed by atoms with van der Waals surface area (Å²) in [6.07, 6.45) is 3.92. The average Bonchev–Trinajstić information content (AvgIpc) is 3.32. The summed E-state index contributed by atoms with van der Waals surface area (Å²) in [6, 6.07) is 26.4. The lowest BCUT2D eigenvalue weighted by molar-refractivity contribution is 0.0748. The summed E-state index contributed by atoms with van der Waals surface area (Å²) < 4.78 is 2.13. The minimum atomic E-state index is -0.236. The number of benzene rings is 3. The SMILES string of the molecule is Cc1ccc2c(c1)c(C(=O)N1CCN(c3cnc(C(=O)NCCc4ccccc4)cn3)CC1)c(-c1ccccc1)n2C. The lowest BCUT2D eigenvalue weighted by Gasteiger charge is -2.35. The summed E-state index contributed by atoms with van der Waals surface area (Å²) >= 11 is 0. The van der Waals surface area contributed by atoms with Crippen LogP contribution in [0.15, 0.2) is 91.3 Å². The van der Waals surface area contributed by atoms with Crippen molar-refractivity contribution in [3.63, 3.8) is 0 Å². The van der Waals surface area contributed by atoms with Crippen LogP contribution in [0.5, 0.6) is 0 Å². The van der Waals surface area contributed by atoms with Gasteiger partial charge >= 0.3 is 0 Å². The number of nitrogens with zero attached hydrogens (tertiary/aromatic N) is 5. The van der Waals surface area contributed by atoms with Gasteiger partial charge in [0.15, 0.2) is 0 Å². The zero-order valence-electron chi connectivity index (χ0n) is 24.0. The van der Waals surface area contributed by atoms with E-state index in [-0.39, 0.29) is 11.8 Å². The Hall–Kier alpha value is -4.98. The van der Waals surface area contributed by atoms with E-state index in [1.54, 1.807) is 6.20 Å². The van der Waals surface area contributed by atoms with Crippen LogP contribution in [0.2, 0.25) is 0 Å². The van der Waals surface area contributed by atoms with Gasteiger partial charge in [-0.2, -0.15) is 0 Å². The molecular formula is C34H34N6O2. The maximum absolute atomic E-state index is 14.1. The van der Waals surface area contributed by atoms with Gasteiger partial charge in [-0.25, -0.2) is 9.97 Å². The predicted molar refractivity (Wildman–Crippen MR) is 166 cm³/mol. The Bertz CT molecular complexity index is 1710. The van der Waals surface area contributed by atoms with Crippen LogP contribution in [0.25, 0.3) is 22.2 Å². The fourth-order valence-corrected chi connectivity index (χ4v) is 5.66. The number of hydrogen-bond acceptors (Lipinski definition) is 5. The van der Waals surface area contributed by atoms with Crippen LogP contribution >= 0.6 is 0 Å². The van der Waals surface area contributed by atoms with Crippen molar-refractivity contribution in [2.24, 2.45) is 7.05 Å². The van der Waals surface area contributed by atoms with Crippen LogP contribution in [-0.4, -0.2) is 64.0 Å². The van der Waals surface area contributed by atoms with E-state index in [2.05, 4.69) is 62.0 Å². The van der Waals surface area contributed by atoms with Crippen molar-refractivity contribution in [2.75, 3.05) is 37.6 Å². The number of rotatable bonds is 7. The third-order valence-corrected chi connectivity index (χ3v) is 7.92. The second-order valence-electron chi connectivity index (χ2n) is 10.7. The summed E-state index contributed by atoms with van der Waals surface area (Å²) in [5.74, 6) is 0.506. The number of aryl methyl sites for hydroxylation is 2. The van der Waals surface area contributed by atoms with E-state index in [9.17, 15) is 9.59 Å². The zero-order valence-corrected chi connectivity index (χ0v) is 24.0. The molecule has 0 saturated carbocycles. The van der Waals surface area contributed by atoms with E-state index in [0.29, 0.717) is 44.2 Å². The molecule has 2 aromatic heterocycles. The molecule has 1 saturated heterocycles. The van der Waals surface area contributed by atoms with Gasteiger partial charge in [-0.15, -0.1) is 0 Å². The molecule has 8 heteroatoms. The number of nitrogens with one attached hydrogen (secondary N) is 1. The van der Waals surface area contributed by atoms with Gasteiger partial charge in [0, 0.05) is 50.7 Å². The predicted octanol–water partition coefficient (Wildman–Crippen LogP) is 4.88. The molecule has 0 aliphatic carbocycles. The number of anilines is 1. The molecule has 2 amide bonds. The topological polar surface area (TPSA) is 83.4 Å². The number of aromatic nitrogens is 3. The molecular weight excluding hydrogens is 524 g/mol. The Balaban J connectivity index is 1.13. The highest BCUT2D eigenvalue weighted by atomic mass is 16.2. The Kier molecular flexibility index (Phi) is 7.68. The van der Waals surface area contributed by atoms with Crippen molar-refractivity contribution in [1.82, 2.24) is 24.8 Å². The van der Waals surface area contributed by atoms with Crippen molar-refractivity contribution >= 4 is 28.5 Å². The number of hydrogen-bond donors (Lipinski definition) is 1. The number of fused-ring (bicyclic) bond motifs is 1. The molecule has 1 fully saturated rings. The Morgan fingerprint density at radius 3 is 2.26 bits per heavy atom. The minimum absolute atomic E-state index is 0.0401. The average molecular weight is 559 g/mol. The molecule has 6 rings (SSSR count). The van der Waals surface area contributed by atoms with Crippen LogP contribution in [-0.2, 0) is 13.5 Å². The van der Waals surface area contributed by atoms with E-state index < -0.39 is 0 Å². The van der Waals surface area contributed by atoms with Crippen molar-refractivity contribution in [3.8, 4) is 11.3 Å². The molecule has 8 nitrogen and oxygen atoms in total. The second-order valence-corrected chi connectivity index (χ2v) is 10.7. The molecule has 0 bridgehead atoms. The first-order valence-corrected chi connectivity index (χ1v) is 14.3. The maximum Gasteiger partial charge on any atom is 0.271 e. The van der Waals surface area contributed by atoms with Gasteiger partial charge in [-0.05, 0) is 36.6 Å². The molecule has 42 heavy (non-hydrogen) atoms. The van der Waals surface area contributed by atoms with Crippen LogP contribution in [0.1, 0.15) is 32.0 Å². The molecule has 0 radical (unpaired) electrons. The lowest BCUT2D eigenvalue weighted by atomic mass is 10.0. The lowest BCUT2D eigenvalue weighted by Crippen LogP contribution is -2.49. The summed E-state index contributed by atoms with van der Waals surface area (Å²) in [5.41, 5.74) is 6.34. The van der Waals surface area contributed by atoms with Gasteiger partial charge in [0.1, 0.15) is 11.5 Å². The van der Waals surface area contributed by atoms with Crippen molar-refractivity contribution in [2.45, 2.75) is 13.3 Å². The van der Waals surface area contributed by atoms with Crippen LogP contribution < -0.4 is 10.2 Å². The first kappa shape index (κ1) is 27.2. The molecule has 212 valence electrons. The second kappa shape index (κ2) is 11.9. The first-order valence-electron chi connectivity index (χ1n) is 14.3. The van der Waals surface area contributed by atoms with Gasteiger partial charge in [-0.3, -0.25) is 9.59 Å². The quantitative estimate of drug-likeness (QED) is 0.308. The monoisotopic (exact) mass is 558 g/mol. The number of carbonyl (C=O) groups is 2. The summed E-state index contributed by atoms with van der Waals surface area (Å²) in [7, 11) is 2.03. The van der Waals surface area contributed by atoms with Gasteiger partial charge in [0.2, 0.25) is 0 Å². The van der Waals surface area contributed by atoms with Crippen molar-refractivity contribution in [3.05, 3.63) is 114 Å². The van der Waals surface area contributed by atoms with Gasteiger partial charge in [0.05, 0.1) is 23.7 Å². The Morgan fingerprint density at radius 1 is 0.857 bits per heavy atom. The summed E-state index contributed by atoms with van der Waals surface area (Å²) in [5, 5.41) is 3.89. The zero-order chi connectivity index (χ0) is 29.1. The fourth-order valence-electron chi connectivity index (χ4n) is 5.66. The standard InChI is InChI=1S/C34H34N6O2/c1-24-13-14-29-27(21-24)31(32(38(29)2)26-11-7-4-8-12-26)34(42)40-19-17-39(18-20-40)30-23-36-28(22-37-30)33(41)35-16-15-25-9-5-3-6-10-25/h3-14,21-23H,15-20H2,1-2H3,(H,35,41). The summed E-state index contributed by atoms with van der Waals surface area (Å²) in [6.45, 7) is 4.99. The van der Waals surface area contributed by atoms with Crippen molar-refractivity contribution in [1.29, 1.82) is 0 Å². The van der Waals surface area contributed by atoms with E-state index in [0.717, 1.165) is 39.7 Å². The normalized spacial score (nSPS) is 13.4. The number of carbonyl (C=O) groups excluding carboxylic acids is 2. The van der Waals surface area contributed by atoms with E-state index >= 15 is 0 Å². The molecule has 3 heterocycles. The first-order chi connectivity index (χ1) is 20.5. The molecule has 3 aromatic carbocycles. The van der Waals surface area contributed by atoms with Crippen LogP contribution in [0.3, 0.4) is 0 Å².